The van der Waals surface area contributed by atoms with E-state index in [0.29, 0.717) is 6.61 Å². The second kappa shape index (κ2) is 18.8. The van der Waals surface area contributed by atoms with Gasteiger partial charge in [-0.2, -0.15) is 0 Å². The molecular weight excluding hydrogens is 809 g/mol. The van der Waals surface area contributed by atoms with E-state index in [4.69, 9.17) is 19.4 Å². The number of hydrogen-bond acceptors (Lipinski definition) is 4. The van der Waals surface area contributed by atoms with Crippen LogP contribution < -0.4 is 9.47 Å². The van der Waals surface area contributed by atoms with Crippen LogP contribution in [0.3, 0.4) is 0 Å². The van der Waals surface area contributed by atoms with E-state index in [-0.39, 0.29) is 0 Å². The Morgan fingerprint density at radius 1 is 0.318 bits per heavy atom. The number of aromatic nitrogens is 4. The molecule has 8 aromatic rings. The van der Waals surface area contributed by atoms with Gasteiger partial charge in [0.25, 0.3) is 0 Å². The Morgan fingerprint density at radius 3 is 0.879 bits per heavy atom. The molecule has 6 heteroatoms. The molecule has 8 bridgehead atoms. The standard InChI is InChI=1S/C60H54N4O2/c1-39-9-17-43(18-10-39)57-49-29-31-51(61-49)58(44-19-11-40(2)12-20-44)53-33-35-55(63-53)60(56-36-34-54(64-56)59(52-32-30-50(57)62-52)45-21-13-41(3)14-22-45)46-23-27-48(28-24-46)66-38-8-6-5-7-37-65-47-25-15-42(4)16-26-47/h9-36,61,64H,5-8,37-38H2,1-4H3. The maximum Gasteiger partial charge on any atom is 0.119 e. The fourth-order valence-corrected chi connectivity index (χ4v) is 8.87. The topological polar surface area (TPSA) is 75.8 Å². The predicted octanol–water partition coefficient (Wildman–Crippen LogP) is 15.6. The van der Waals surface area contributed by atoms with Crippen molar-refractivity contribution in [2.45, 2.75) is 53.4 Å². The van der Waals surface area contributed by atoms with Gasteiger partial charge in [0.15, 0.2) is 0 Å². The third-order valence-corrected chi connectivity index (χ3v) is 12.5. The second-order valence-electron chi connectivity index (χ2n) is 17.5. The number of aromatic amines is 2. The van der Waals surface area contributed by atoms with E-state index in [1.165, 1.54) is 22.3 Å². The van der Waals surface area contributed by atoms with Crippen LogP contribution in [-0.4, -0.2) is 33.1 Å². The summed E-state index contributed by atoms with van der Waals surface area (Å²) in [5.74, 6) is 1.79. The van der Waals surface area contributed by atoms with Crippen LogP contribution in [-0.2, 0) is 0 Å². The van der Waals surface area contributed by atoms with Crippen LogP contribution in [0.25, 0.3) is 90.9 Å². The van der Waals surface area contributed by atoms with E-state index in [9.17, 15) is 0 Å². The van der Waals surface area contributed by atoms with Crippen molar-refractivity contribution >= 4 is 46.4 Å². The van der Waals surface area contributed by atoms with Gasteiger partial charge in [0.05, 0.1) is 36.0 Å². The van der Waals surface area contributed by atoms with Gasteiger partial charge >= 0.3 is 0 Å². The molecule has 2 aliphatic rings. The van der Waals surface area contributed by atoms with E-state index in [2.05, 4.69) is 195 Å². The number of benzene rings is 5. The van der Waals surface area contributed by atoms with Crippen molar-refractivity contribution in [2.75, 3.05) is 13.2 Å². The molecule has 2 N–H and O–H groups in total. The molecule has 6 nitrogen and oxygen atoms in total. The summed E-state index contributed by atoms with van der Waals surface area (Å²) in [6, 6.07) is 51.6. The molecule has 0 amide bonds. The fraction of sp³-hybridized carbons (Fsp3) is 0.167. The summed E-state index contributed by atoms with van der Waals surface area (Å²) < 4.78 is 12.2. The van der Waals surface area contributed by atoms with Crippen LogP contribution in [0.15, 0.2) is 146 Å². The van der Waals surface area contributed by atoms with E-state index >= 15 is 0 Å². The average molecular weight is 863 g/mol. The number of hydrogen-bond donors (Lipinski definition) is 2. The van der Waals surface area contributed by atoms with Gasteiger partial charge in [0.2, 0.25) is 0 Å². The summed E-state index contributed by atoms with van der Waals surface area (Å²) in [5.41, 5.74) is 20.7. The Morgan fingerprint density at radius 2 is 0.576 bits per heavy atom. The summed E-state index contributed by atoms with van der Waals surface area (Å²) in [7, 11) is 0. The third-order valence-electron chi connectivity index (χ3n) is 12.5. The zero-order chi connectivity index (χ0) is 45.0. The molecule has 3 aromatic heterocycles. The smallest absolute Gasteiger partial charge is 0.119 e. The van der Waals surface area contributed by atoms with Gasteiger partial charge in [0.1, 0.15) is 11.5 Å². The van der Waals surface area contributed by atoms with Gasteiger partial charge in [-0.1, -0.05) is 119 Å². The molecule has 0 saturated heterocycles. The maximum absolute atomic E-state index is 6.28. The molecule has 326 valence electrons. The monoisotopic (exact) mass is 862 g/mol. The molecule has 5 heterocycles. The largest absolute Gasteiger partial charge is 0.494 e. The molecule has 0 atom stereocenters. The molecule has 66 heavy (non-hydrogen) atoms. The van der Waals surface area contributed by atoms with Crippen molar-refractivity contribution in [3.8, 4) is 56.0 Å². The number of nitrogens with one attached hydrogen (secondary N) is 2. The molecule has 5 aromatic carbocycles. The molecule has 0 fully saturated rings. The Labute approximate surface area is 387 Å². The Hall–Kier alpha value is -7.70. The summed E-state index contributed by atoms with van der Waals surface area (Å²) >= 11 is 0. The highest BCUT2D eigenvalue weighted by molar-refractivity contribution is 5.99. The number of aryl methyl sites for hydroxylation is 4. The van der Waals surface area contributed by atoms with Gasteiger partial charge in [0, 0.05) is 44.3 Å². The van der Waals surface area contributed by atoms with Gasteiger partial charge < -0.3 is 19.4 Å². The first kappa shape index (κ1) is 42.3. The molecule has 2 aliphatic heterocycles. The van der Waals surface area contributed by atoms with Crippen molar-refractivity contribution in [3.63, 3.8) is 0 Å². The van der Waals surface area contributed by atoms with E-state index in [0.717, 1.165) is 133 Å². The molecule has 0 radical (unpaired) electrons. The number of nitrogens with zero attached hydrogens (tertiary/aromatic N) is 2. The Balaban J connectivity index is 1.07. The zero-order valence-corrected chi connectivity index (χ0v) is 38.1. The minimum absolute atomic E-state index is 0.667. The van der Waals surface area contributed by atoms with Gasteiger partial charge in [-0.15, -0.1) is 0 Å². The molecule has 0 saturated carbocycles. The average Bonchev–Trinajstić information content (AvgIpc) is 4.19. The number of ether oxygens (including phenoxy) is 2. The van der Waals surface area contributed by atoms with E-state index in [1.807, 2.05) is 12.1 Å². The van der Waals surface area contributed by atoms with Crippen LogP contribution in [0, 0.1) is 27.7 Å². The van der Waals surface area contributed by atoms with E-state index in [1.54, 1.807) is 0 Å². The van der Waals surface area contributed by atoms with Gasteiger partial charge in [-0.25, -0.2) is 9.97 Å². The van der Waals surface area contributed by atoms with Crippen LogP contribution >= 0.6 is 0 Å². The van der Waals surface area contributed by atoms with Crippen LogP contribution in [0.2, 0.25) is 0 Å². The van der Waals surface area contributed by atoms with Gasteiger partial charge in [-0.05, 0) is 148 Å². The van der Waals surface area contributed by atoms with Crippen molar-refractivity contribution < 1.29 is 9.47 Å². The predicted molar refractivity (Wildman–Crippen MR) is 275 cm³/mol. The number of rotatable bonds is 13. The highest BCUT2D eigenvalue weighted by atomic mass is 16.5. The second-order valence-corrected chi connectivity index (χ2v) is 17.5. The highest BCUT2D eigenvalue weighted by Gasteiger charge is 2.19. The molecule has 0 spiro atoms. The summed E-state index contributed by atoms with van der Waals surface area (Å²) in [5, 5.41) is 0. The molecule has 0 aliphatic carbocycles. The third kappa shape index (κ3) is 9.13. The highest BCUT2D eigenvalue weighted by Crippen LogP contribution is 2.39. The zero-order valence-electron chi connectivity index (χ0n) is 38.1. The first-order valence-electron chi connectivity index (χ1n) is 23.1. The lowest BCUT2D eigenvalue weighted by Gasteiger charge is -2.09. The van der Waals surface area contributed by atoms with Crippen molar-refractivity contribution in [1.29, 1.82) is 0 Å². The first-order chi connectivity index (χ1) is 32.3. The van der Waals surface area contributed by atoms with Crippen LogP contribution in [0.5, 0.6) is 11.5 Å². The fourth-order valence-electron chi connectivity index (χ4n) is 8.87. The molecule has 10 rings (SSSR count). The lowest BCUT2D eigenvalue weighted by atomic mass is 10.0. The minimum Gasteiger partial charge on any atom is -0.494 e. The summed E-state index contributed by atoms with van der Waals surface area (Å²) in [4.78, 5) is 18.7. The lowest BCUT2D eigenvalue weighted by Crippen LogP contribution is -2.00. The SMILES string of the molecule is Cc1ccc(OCCCCCCOc2ccc(-c3c4nc(c(-c5ccc(C)cc5)c5ccc([nH]5)c(-c5ccc(C)cc5)c5nc(c(-c6ccc(C)cc6)c6ccc3[nH]6)C=C5)C=C4)cc2)cc1. The molecular formula is C60H54N4O2. The van der Waals surface area contributed by atoms with E-state index < -0.39 is 0 Å². The Bertz CT molecular complexity index is 3200. The maximum atomic E-state index is 6.28. The number of H-pyrrole nitrogens is 2. The van der Waals surface area contributed by atoms with Gasteiger partial charge in [-0.3, -0.25) is 0 Å². The first-order valence-corrected chi connectivity index (χ1v) is 23.1. The number of unbranched alkanes of at least 4 members (excludes halogenated alkanes) is 3. The van der Waals surface area contributed by atoms with Crippen LogP contribution in [0.4, 0.5) is 0 Å². The van der Waals surface area contributed by atoms with Crippen molar-refractivity contribution in [1.82, 2.24) is 19.9 Å². The van der Waals surface area contributed by atoms with Crippen molar-refractivity contribution in [3.05, 3.63) is 191 Å². The Kier molecular flexibility index (Phi) is 12.0. The quantitative estimate of drug-likeness (QED) is 0.113. The summed E-state index contributed by atoms with van der Waals surface area (Å²) in [6.07, 6.45) is 12.8. The lowest BCUT2D eigenvalue weighted by molar-refractivity contribution is 0.287. The number of fused-ring (bicyclic) bond motifs is 8. The molecule has 0 unspecified atom stereocenters. The summed E-state index contributed by atoms with van der Waals surface area (Å²) in [6.45, 7) is 9.86. The van der Waals surface area contributed by atoms with Crippen molar-refractivity contribution in [2.24, 2.45) is 0 Å². The normalized spacial score (nSPS) is 11.9. The minimum atomic E-state index is 0.667. The van der Waals surface area contributed by atoms with Crippen LogP contribution in [0.1, 0.15) is 70.7 Å².